The maximum Gasteiger partial charge on any atom is 0.167 e. The first-order valence-electron chi connectivity index (χ1n) is 5.43. The molecule has 0 amide bonds. The van der Waals surface area contributed by atoms with Gasteiger partial charge >= 0.3 is 0 Å². The van der Waals surface area contributed by atoms with Crippen molar-refractivity contribution in [3.63, 3.8) is 0 Å². The number of Topliss-reactive ketones (excluding diaryl/α,β-unsaturated/α-hetero) is 1. The van der Waals surface area contributed by atoms with Crippen molar-refractivity contribution in [2.24, 2.45) is 0 Å². The van der Waals surface area contributed by atoms with Crippen LogP contribution in [0.5, 0.6) is 0 Å². The van der Waals surface area contributed by atoms with Crippen LogP contribution in [0.4, 0.5) is 0 Å². The van der Waals surface area contributed by atoms with E-state index < -0.39 is 0 Å². The van der Waals surface area contributed by atoms with Crippen LogP contribution in [0.15, 0.2) is 23.8 Å². The minimum atomic E-state index is -0.342. The van der Waals surface area contributed by atoms with Gasteiger partial charge in [-0.25, -0.2) is 0 Å². The average molecular weight is 208 g/mol. The summed E-state index contributed by atoms with van der Waals surface area (Å²) in [4.78, 5) is 11.8. The van der Waals surface area contributed by atoms with E-state index in [1.807, 2.05) is 12.2 Å². The Hall–Kier alpha value is -0.930. The molecule has 1 fully saturated rings. The van der Waals surface area contributed by atoms with E-state index in [1.165, 1.54) is 5.57 Å². The van der Waals surface area contributed by atoms with E-state index in [2.05, 4.69) is 6.08 Å². The standard InChI is InChI=1S/C12H16O3/c13-11(12-9-14-6-7-15-12)8-10-4-2-1-3-5-10/h1-2,4,12H,3,5-9H2. The number of ether oxygens (including phenoxy) is 2. The van der Waals surface area contributed by atoms with Crippen molar-refractivity contribution >= 4 is 5.78 Å². The molecule has 0 aromatic rings. The fourth-order valence-corrected chi connectivity index (χ4v) is 1.81. The maximum absolute atomic E-state index is 11.8. The lowest BCUT2D eigenvalue weighted by atomic mass is 9.98. The van der Waals surface area contributed by atoms with Crippen LogP contribution in [0.1, 0.15) is 19.3 Å². The van der Waals surface area contributed by atoms with Crippen molar-refractivity contribution < 1.29 is 14.3 Å². The molecule has 0 aromatic carbocycles. The first-order chi connectivity index (χ1) is 7.36. The van der Waals surface area contributed by atoms with Crippen molar-refractivity contribution in [2.45, 2.75) is 25.4 Å². The number of carbonyl (C=O) groups is 1. The molecular formula is C12H16O3. The Kier molecular flexibility index (Phi) is 3.69. The highest BCUT2D eigenvalue weighted by atomic mass is 16.6. The first-order valence-corrected chi connectivity index (χ1v) is 5.43. The molecule has 3 heteroatoms. The van der Waals surface area contributed by atoms with Gasteiger partial charge in [0.1, 0.15) is 6.10 Å². The number of hydrogen-bond donors (Lipinski definition) is 0. The minimum absolute atomic E-state index is 0.149. The second-order valence-corrected chi connectivity index (χ2v) is 3.87. The van der Waals surface area contributed by atoms with E-state index in [-0.39, 0.29) is 11.9 Å². The molecule has 2 aliphatic rings. The average Bonchev–Trinajstić information content (AvgIpc) is 2.31. The highest BCUT2D eigenvalue weighted by molar-refractivity contribution is 5.85. The van der Waals surface area contributed by atoms with Gasteiger partial charge in [0.15, 0.2) is 5.78 Å². The van der Waals surface area contributed by atoms with Gasteiger partial charge in [-0.1, -0.05) is 23.8 Å². The molecule has 1 saturated heterocycles. The zero-order chi connectivity index (χ0) is 10.5. The molecule has 0 spiro atoms. The van der Waals surface area contributed by atoms with Gasteiger partial charge in [0.2, 0.25) is 0 Å². The number of rotatable bonds is 3. The first kappa shape index (κ1) is 10.6. The van der Waals surface area contributed by atoms with Crippen LogP contribution in [0, 0.1) is 0 Å². The summed E-state index contributed by atoms with van der Waals surface area (Å²) in [6.07, 6.45) is 8.38. The summed E-state index contributed by atoms with van der Waals surface area (Å²) in [5, 5.41) is 0. The molecule has 1 aliphatic carbocycles. The predicted molar refractivity (Wildman–Crippen MR) is 56.6 cm³/mol. The maximum atomic E-state index is 11.8. The summed E-state index contributed by atoms with van der Waals surface area (Å²) in [5.74, 6) is 0.149. The Morgan fingerprint density at radius 3 is 3.07 bits per heavy atom. The van der Waals surface area contributed by atoms with Crippen LogP contribution in [-0.2, 0) is 14.3 Å². The molecule has 0 N–H and O–H groups in total. The number of carbonyl (C=O) groups excluding carboxylic acids is 1. The molecular weight excluding hydrogens is 192 g/mol. The molecule has 1 aliphatic heterocycles. The van der Waals surface area contributed by atoms with E-state index in [4.69, 9.17) is 9.47 Å². The topological polar surface area (TPSA) is 35.5 Å². The zero-order valence-corrected chi connectivity index (χ0v) is 8.78. The van der Waals surface area contributed by atoms with Crippen molar-refractivity contribution in [3.8, 4) is 0 Å². The van der Waals surface area contributed by atoms with Crippen LogP contribution in [-0.4, -0.2) is 31.7 Å². The number of hydrogen-bond acceptors (Lipinski definition) is 3. The molecule has 0 saturated carbocycles. The van der Waals surface area contributed by atoms with Crippen LogP contribution in [0.3, 0.4) is 0 Å². The van der Waals surface area contributed by atoms with Gasteiger partial charge in [-0.05, 0) is 12.8 Å². The van der Waals surface area contributed by atoms with E-state index in [0.717, 1.165) is 12.8 Å². The number of allylic oxidation sites excluding steroid dienone is 4. The lowest BCUT2D eigenvalue weighted by Crippen LogP contribution is -2.35. The SMILES string of the molecule is O=C(CC1=CC=CCC1)C1COCCO1. The second kappa shape index (κ2) is 5.24. The van der Waals surface area contributed by atoms with E-state index in [0.29, 0.717) is 26.2 Å². The van der Waals surface area contributed by atoms with Gasteiger partial charge in [-0.2, -0.15) is 0 Å². The van der Waals surface area contributed by atoms with Gasteiger partial charge < -0.3 is 9.47 Å². The molecule has 15 heavy (non-hydrogen) atoms. The minimum Gasteiger partial charge on any atom is -0.376 e. The van der Waals surface area contributed by atoms with E-state index in [1.54, 1.807) is 0 Å². The summed E-state index contributed by atoms with van der Waals surface area (Å²) in [5.41, 5.74) is 1.21. The Morgan fingerprint density at radius 2 is 2.40 bits per heavy atom. The van der Waals surface area contributed by atoms with Crippen LogP contribution >= 0.6 is 0 Å². The number of ketones is 1. The van der Waals surface area contributed by atoms with Gasteiger partial charge in [0.25, 0.3) is 0 Å². The fourth-order valence-electron chi connectivity index (χ4n) is 1.81. The normalized spacial score (nSPS) is 26.1. The molecule has 0 aromatic heterocycles. The van der Waals surface area contributed by atoms with E-state index in [9.17, 15) is 4.79 Å². The van der Waals surface area contributed by atoms with Gasteiger partial charge in [0.05, 0.1) is 19.8 Å². The quantitative estimate of drug-likeness (QED) is 0.707. The lowest BCUT2D eigenvalue weighted by Gasteiger charge is -2.22. The summed E-state index contributed by atoms with van der Waals surface area (Å²) >= 11 is 0. The largest absolute Gasteiger partial charge is 0.376 e. The predicted octanol–water partition coefficient (Wildman–Crippen LogP) is 1.64. The molecule has 0 bridgehead atoms. The monoisotopic (exact) mass is 208 g/mol. The van der Waals surface area contributed by atoms with Gasteiger partial charge in [-0.3, -0.25) is 4.79 Å². The molecule has 3 nitrogen and oxygen atoms in total. The summed E-state index contributed by atoms with van der Waals surface area (Å²) in [6.45, 7) is 1.56. The Balaban J connectivity index is 1.85. The van der Waals surface area contributed by atoms with E-state index >= 15 is 0 Å². The molecule has 1 atom stereocenters. The fraction of sp³-hybridized carbons (Fsp3) is 0.583. The molecule has 1 unspecified atom stereocenters. The van der Waals surface area contributed by atoms with Crippen molar-refractivity contribution in [1.29, 1.82) is 0 Å². The molecule has 0 radical (unpaired) electrons. The van der Waals surface area contributed by atoms with Crippen molar-refractivity contribution in [2.75, 3.05) is 19.8 Å². The molecule has 1 heterocycles. The highest BCUT2D eigenvalue weighted by Crippen LogP contribution is 2.17. The summed E-state index contributed by atoms with van der Waals surface area (Å²) < 4.78 is 10.6. The Morgan fingerprint density at radius 1 is 1.47 bits per heavy atom. The third kappa shape index (κ3) is 3.01. The smallest absolute Gasteiger partial charge is 0.167 e. The third-order valence-electron chi connectivity index (χ3n) is 2.68. The Labute approximate surface area is 89.8 Å². The summed E-state index contributed by atoms with van der Waals surface area (Å²) in [6, 6.07) is 0. The summed E-state index contributed by atoms with van der Waals surface area (Å²) in [7, 11) is 0. The van der Waals surface area contributed by atoms with Crippen molar-refractivity contribution in [1.82, 2.24) is 0 Å². The lowest BCUT2D eigenvalue weighted by molar-refractivity contribution is -0.144. The zero-order valence-electron chi connectivity index (χ0n) is 8.78. The van der Waals surface area contributed by atoms with Gasteiger partial charge in [0, 0.05) is 6.42 Å². The molecule has 82 valence electrons. The van der Waals surface area contributed by atoms with Gasteiger partial charge in [-0.15, -0.1) is 0 Å². The molecule has 2 rings (SSSR count). The second-order valence-electron chi connectivity index (χ2n) is 3.87. The van der Waals surface area contributed by atoms with Crippen LogP contribution < -0.4 is 0 Å². The third-order valence-corrected chi connectivity index (χ3v) is 2.68. The van der Waals surface area contributed by atoms with Crippen LogP contribution in [0.25, 0.3) is 0 Å². The van der Waals surface area contributed by atoms with Crippen LogP contribution in [0.2, 0.25) is 0 Å². The highest BCUT2D eigenvalue weighted by Gasteiger charge is 2.23. The van der Waals surface area contributed by atoms with Crippen molar-refractivity contribution in [3.05, 3.63) is 23.8 Å². The Bertz CT molecular complexity index is 285.